The third-order valence-electron chi connectivity index (χ3n) is 18.7. The molecule has 0 fully saturated rings. The Morgan fingerprint density at radius 1 is 0.743 bits per heavy atom. The van der Waals surface area contributed by atoms with Crippen molar-refractivity contribution < 1.29 is 87.8 Å². The summed E-state index contributed by atoms with van der Waals surface area (Å²) in [6, 6.07) is -10.4. The first-order valence-corrected chi connectivity index (χ1v) is 39.3. The average Bonchev–Trinajstić information content (AvgIpc) is 1.66. The topological polar surface area (TPSA) is 563 Å². The molecule has 4 aliphatic heterocycles. The molecule has 0 radical (unpaired) electrons. The second-order valence-corrected chi connectivity index (χ2v) is 31.9. The van der Waals surface area contributed by atoms with E-state index in [1.165, 1.54) is 87.4 Å². The van der Waals surface area contributed by atoms with Gasteiger partial charge in [0, 0.05) is 32.8 Å². The van der Waals surface area contributed by atoms with Crippen LogP contribution in [0.1, 0.15) is 190 Å². The Balaban J connectivity index is 1.18. The number of pyridine rings is 1. The van der Waals surface area contributed by atoms with Crippen molar-refractivity contribution in [1.29, 1.82) is 0 Å². The van der Waals surface area contributed by atoms with Gasteiger partial charge in [0.1, 0.15) is 107 Å². The molecule has 0 aromatic carbocycles. The number of primary amides is 1. The first kappa shape index (κ1) is 84.6. The summed E-state index contributed by atoms with van der Waals surface area (Å²) in [6.45, 7) is 26.9. The molecule has 10 rings (SSSR count). The maximum absolute atomic E-state index is 15.4. The van der Waals surface area contributed by atoms with E-state index in [-0.39, 0.29) is 89.0 Å². The molecule has 15 atom stereocenters. The molecule has 9 heterocycles. The Morgan fingerprint density at radius 3 is 2.09 bits per heavy atom. The van der Waals surface area contributed by atoms with E-state index in [4.69, 9.17) is 25.4 Å². The number of aliphatic hydroxyl groups is 5. The van der Waals surface area contributed by atoms with Crippen molar-refractivity contribution in [2.45, 2.75) is 165 Å². The second kappa shape index (κ2) is 34.7. The second-order valence-electron chi connectivity index (χ2n) is 27.4. The van der Waals surface area contributed by atoms with Gasteiger partial charge in [0.05, 0.1) is 76.0 Å². The Hall–Kier alpha value is -10.8. The van der Waals surface area contributed by atoms with Crippen molar-refractivity contribution in [3.8, 4) is 0 Å². The molecule has 598 valence electrons. The lowest BCUT2D eigenvalue weighted by molar-refractivity contribution is -0.129. The number of hydrogen-bond acceptors (Lipinski definition) is 31. The zero-order valence-electron chi connectivity index (χ0n) is 61.9. The first-order chi connectivity index (χ1) is 53.2. The summed E-state index contributed by atoms with van der Waals surface area (Å²) >= 11 is 4.39. The van der Waals surface area contributed by atoms with Crippen LogP contribution >= 0.6 is 57.1 Å². The molecule has 0 saturated heterocycles. The van der Waals surface area contributed by atoms with Gasteiger partial charge in [-0.05, 0) is 78.9 Å². The van der Waals surface area contributed by atoms with Crippen molar-refractivity contribution in [2.75, 3.05) is 5.75 Å². The van der Waals surface area contributed by atoms with Crippen molar-refractivity contribution in [3.63, 3.8) is 0 Å². The highest BCUT2D eigenvalue weighted by atomic mass is 32.2. The highest BCUT2D eigenvalue weighted by molar-refractivity contribution is 8.14. The Labute approximate surface area is 664 Å². The number of cyclic esters (lactones) is 1. The predicted octanol–water partition coefficient (Wildman–Crippen LogP) is 0.509. The molecule has 113 heavy (non-hydrogen) atoms. The van der Waals surface area contributed by atoms with Crippen LogP contribution in [0.4, 0.5) is 0 Å². The maximum Gasteiger partial charge on any atom is 0.357 e. The largest absolute Gasteiger partial charge is 0.455 e. The molecule has 13 bridgehead atoms. The number of esters is 1. The minimum atomic E-state index is -2.21. The minimum Gasteiger partial charge on any atom is -0.455 e. The molecule has 5 aliphatic rings. The molecule has 1 unspecified atom stereocenters. The quantitative estimate of drug-likeness (QED) is 0.0633. The van der Waals surface area contributed by atoms with E-state index in [1.54, 1.807) is 20.8 Å². The lowest BCUT2D eigenvalue weighted by Gasteiger charge is -2.41. The smallest absolute Gasteiger partial charge is 0.357 e. The fourth-order valence-electron chi connectivity index (χ4n) is 12.0. The third kappa shape index (κ3) is 18.5. The van der Waals surface area contributed by atoms with Crippen molar-refractivity contribution in [2.24, 2.45) is 21.6 Å². The van der Waals surface area contributed by atoms with Crippen LogP contribution < -0.4 is 64.2 Å². The molecule has 37 nitrogen and oxygen atoms in total. The number of rotatable bonds is 11. The summed E-state index contributed by atoms with van der Waals surface area (Å²) in [5, 5.41) is 91.5. The molecular weight excluding hydrogens is 1570 g/mol. The van der Waals surface area contributed by atoms with E-state index in [2.05, 4.69) is 105 Å². The molecule has 1 aliphatic carbocycles. The third-order valence-corrected chi connectivity index (χ3v) is 23.6. The molecule has 42 heteroatoms. The number of nitrogens with two attached hydrogens (primary N) is 1. The monoisotopic (exact) mass is 1650 g/mol. The van der Waals surface area contributed by atoms with Gasteiger partial charge >= 0.3 is 5.97 Å². The van der Waals surface area contributed by atoms with Gasteiger partial charge in [0.2, 0.25) is 23.6 Å². The standard InChI is InChI=1S/C71H81N19O18S5/c1-14-37-64-83-44(22-109-64)61(103)89-52(70(13,107)34(12)93)67-85-43(23-112-67)59(101)88-48-33(11)108-68(106)40-19-36(31(9)91)35-15-16-38(50(94)49(35)79-40)78-46(25(2)3)62(104)77-29(7)56(98)74-27(5)55(97)75-30(8)57(99)90-71(69-86-45(24-113-69)60(102)87-47(32(10)92)63(105)81-37)18-17-39(80-51(71)41-20-111-66(48)82-41)65-84-42(21-110-65)58(100)76-28(6)54(96)73-26(4)53(72)95/h14-16,19-21,23-25,30-34,38,44,46-48,50-52,78,91-94,107H,4-7,17-18,22H2,1-3,8-13H3,(H2,72,95)(H,73,96)(H,74,98)(H,75,97)(H,76,100)(H,77,104)(H,81,105)(H,87,102)(H,88,101)(H,89,103)(H,90,99)/b37-14-/t30-,31-,32+,33+,34+,38+,44+,46-,47-,48-,50-,51?,52+,70+,71-/m0/s1. The molecule has 11 amide bonds. The van der Waals surface area contributed by atoms with Crippen LogP contribution in [0, 0.1) is 5.92 Å². The number of allylic oxidation sites excluding steroid dienone is 1. The summed E-state index contributed by atoms with van der Waals surface area (Å²) in [5.41, 5.74) is -2.56. The molecule has 0 saturated carbocycles. The van der Waals surface area contributed by atoms with Gasteiger partial charge in [-0.1, -0.05) is 58.4 Å². The molecule has 18 N–H and O–H groups in total. The normalized spacial score (nSPS) is 26.1. The van der Waals surface area contributed by atoms with E-state index >= 15 is 14.4 Å². The Bertz CT molecular complexity index is 4920. The Kier molecular flexibility index (Phi) is 26.0. The number of carbonyl (C=O) groups excluding carboxylic acids is 12. The number of aliphatic imine (C=N–C) groups is 2. The predicted molar refractivity (Wildman–Crippen MR) is 413 cm³/mol. The number of ether oxygens (including phenoxy) is 1. The van der Waals surface area contributed by atoms with Gasteiger partial charge in [0.25, 0.3) is 41.4 Å². The van der Waals surface area contributed by atoms with E-state index in [1.807, 2.05) is 0 Å². The van der Waals surface area contributed by atoms with Gasteiger partial charge in [-0.25, -0.2) is 29.7 Å². The van der Waals surface area contributed by atoms with Gasteiger partial charge in [0.15, 0.2) is 0 Å². The van der Waals surface area contributed by atoms with Crippen LogP contribution in [0.3, 0.4) is 0 Å². The summed E-state index contributed by atoms with van der Waals surface area (Å²) in [4.78, 5) is 203. The number of fused-ring (bicyclic) bond motifs is 7. The molecule has 5 aromatic rings. The van der Waals surface area contributed by atoms with E-state index in [9.17, 15) is 68.7 Å². The number of thiazole rings is 4. The highest BCUT2D eigenvalue weighted by Gasteiger charge is 2.51. The highest BCUT2D eigenvalue weighted by Crippen LogP contribution is 2.48. The van der Waals surface area contributed by atoms with Crippen LogP contribution in [0.5, 0.6) is 0 Å². The number of hydrogen-bond donors (Lipinski definition) is 17. The molecule has 0 spiro atoms. The lowest BCUT2D eigenvalue weighted by Crippen LogP contribution is -2.57. The number of carbonyl (C=O) groups is 12. The fourth-order valence-corrected chi connectivity index (χ4v) is 16.9. The first-order valence-electron chi connectivity index (χ1n) is 34.8. The van der Waals surface area contributed by atoms with Crippen molar-refractivity contribution in [1.82, 2.24) is 83.4 Å². The van der Waals surface area contributed by atoms with Gasteiger partial charge in [-0.3, -0.25) is 68.0 Å². The van der Waals surface area contributed by atoms with Gasteiger partial charge < -0.3 is 89.2 Å². The van der Waals surface area contributed by atoms with E-state index in [0.717, 1.165) is 57.1 Å². The zero-order valence-corrected chi connectivity index (χ0v) is 66.0. The number of nitrogens with zero attached hydrogens (tertiary/aromatic N) is 7. The zero-order chi connectivity index (χ0) is 82.7. The Morgan fingerprint density at radius 2 is 1.42 bits per heavy atom. The van der Waals surface area contributed by atoms with Crippen LogP contribution in [-0.4, -0.2) is 192 Å². The van der Waals surface area contributed by atoms with Crippen molar-refractivity contribution in [3.05, 3.63) is 160 Å². The van der Waals surface area contributed by atoms with Gasteiger partial charge in [-0.2, -0.15) is 0 Å². The average molecular weight is 1650 g/mol. The van der Waals surface area contributed by atoms with Crippen LogP contribution in [0.2, 0.25) is 0 Å². The lowest BCUT2D eigenvalue weighted by atomic mass is 9.80. The SMILES string of the molecule is C=C(NC(=O)C(=C)NC(=O)c1csc(C2=NC3c4csc(n4)[C@H]4NC(=O)c5csc(n5)[C@H]([C@](C)(O)[C@@H](C)O)NC(=O)[C@H]5CSC(=N5)/C(=C/C)NC(=O)[C@H]([C@@H](C)O)NC(=O)c5csc(n5)[C@@]3(CC2)NC(=O)[C@H](C)NC(=O)C(=C)NC(=O)C(=C)NC(=O)[C@H](C(C)C)N[C@@H]2C=Cc3c([C@H](C)O)cc(nc3[C@H]2O)C(=O)O[C@@H]4C)n1)C(N)=O. The minimum absolute atomic E-state index is 0.0184. The number of aliphatic hydroxyl groups excluding tert-OH is 4. The number of nitrogens with one attached hydrogen (secondary N) is 11. The van der Waals surface area contributed by atoms with E-state index < -0.39 is 201 Å². The van der Waals surface area contributed by atoms with E-state index in [0.29, 0.717) is 0 Å². The number of aromatic nitrogens is 5. The molecular formula is C71H81N19O18S5. The van der Waals surface area contributed by atoms with Gasteiger partial charge in [-0.15, -0.1) is 57.1 Å². The summed E-state index contributed by atoms with van der Waals surface area (Å²) < 4.78 is 6.24. The molecule has 5 aromatic heterocycles. The van der Waals surface area contributed by atoms with Crippen LogP contribution in [0.25, 0.3) is 6.08 Å². The number of thioether (sulfide) groups is 1. The maximum atomic E-state index is 15.4. The van der Waals surface area contributed by atoms with Crippen molar-refractivity contribution >= 4 is 145 Å². The number of amides is 11. The summed E-state index contributed by atoms with van der Waals surface area (Å²) in [6.07, 6.45) is -3.71. The van der Waals surface area contributed by atoms with Crippen LogP contribution in [0.15, 0.2) is 105 Å². The summed E-state index contributed by atoms with van der Waals surface area (Å²) in [7, 11) is 0. The fraction of sp³-hybridized carbons (Fsp3) is 0.394. The van der Waals surface area contributed by atoms with Crippen LogP contribution in [-0.2, 0) is 48.6 Å². The summed E-state index contributed by atoms with van der Waals surface area (Å²) in [5.74, 6) is -12.7.